The fraction of sp³-hybridized carbons (Fsp3) is 0.292. The van der Waals surface area contributed by atoms with Crippen molar-refractivity contribution in [3.05, 3.63) is 65.7 Å². The summed E-state index contributed by atoms with van der Waals surface area (Å²) in [5.74, 6) is 3.00. The van der Waals surface area contributed by atoms with Crippen LogP contribution in [0.15, 0.2) is 54.6 Å². The maximum Gasteiger partial charge on any atom is 0.418 e. The lowest BCUT2D eigenvalue weighted by Crippen LogP contribution is -2.50. The van der Waals surface area contributed by atoms with Gasteiger partial charge in [-0.15, -0.1) is 5.92 Å². The Balaban J connectivity index is 1.92. The SMILES string of the molecule is CC#C[C@H](O)[C@H](CNC(=O)OCc1ccccc1)NC(=O)CC(=O)Nc1ccccc1C(F)(F)F. The number of ether oxygens (including phenoxy) is 1. The molecule has 0 radical (unpaired) electrons. The van der Waals surface area contributed by atoms with Crippen LogP contribution in [0.5, 0.6) is 0 Å². The summed E-state index contributed by atoms with van der Waals surface area (Å²) in [6.07, 6.45) is -7.73. The van der Waals surface area contributed by atoms with E-state index in [9.17, 15) is 32.7 Å². The molecule has 0 saturated heterocycles. The fourth-order valence-corrected chi connectivity index (χ4v) is 2.89. The van der Waals surface area contributed by atoms with Crippen molar-refractivity contribution in [2.45, 2.75) is 38.3 Å². The van der Waals surface area contributed by atoms with Crippen LogP contribution in [0.3, 0.4) is 0 Å². The van der Waals surface area contributed by atoms with Crippen LogP contribution >= 0.6 is 0 Å². The number of aliphatic hydroxyl groups excluding tert-OH is 1. The molecule has 0 aliphatic rings. The highest BCUT2D eigenvalue weighted by atomic mass is 19.4. The summed E-state index contributed by atoms with van der Waals surface area (Å²) in [6.45, 7) is 1.17. The van der Waals surface area contributed by atoms with Gasteiger partial charge in [-0.2, -0.15) is 13.2 Å². The van der Waals surface area contributed by atoms with Crippen molar-refractivity contribution in [2.24, 2.45) is 0 Å². The van der Waals surface area contributed by atoms with Gasteiger partial charge < -0.3 is 25.8 Å². The first-order valence-corrected chi connectivity index (χ1v) is 10.4. The number of amides is 3. The maximum atomic E-state index is 13.1. The molecule has 0 bridgehead atoms. The number of benzene rings is 2. The molecule has 11 heteroatoms. The highest BCUT2D eigenvalue weighted by Crippen LogP contribution is 2.34. The molecule has 0 aliphatic heterocycles. The van der Waals surface area contributed by atoms with Gasteiger partial charge >= 0.3 is 12.3 Å². The molecular formula is C24H24F3N3O5. The summed E-state index contributed by atoms with van der Waals surface area (Å²) in [5, 5.41) is 17.0. The molecule has 3 amide bonds. The van der Waals surface area contributed by atoms with Gasteiger partial charge in [0, 0.05) is 6.54 Å². The fourth-order valence-electron chi connectivity index (χ4n) is 2.89. The summed E-state index contributed by atoms with van der Waals surface area (Å²) in [7, 11) is 0. The van der Waals surface area contributed by atoms with Gasteiger partial charge in [0.1, 0.15) is 19.1 Å². The summed E-state index contributed by atoms with van der Waals surface area (Å²) >= 11 is 0. The number of carbonyl (C=O) groups excluding carboxylic acids is 3. The largest absolute Gasteiger partial charge is 0.445 e. The number of rotatable bonds is 9. The Morgan fingerprint density at radius 3 is 2.34 bits per heavy atom. The van der Waals surface area contributed by atoms with Gasteiger partial charge in [-0.1, -0.05) is 48.4 Å². The molecule has 2 rings (SSSR count). The van der Waals surface area contributed by atoms with Gasteiger partial charge in [-0.3, -0.25) is 9.59 Å². The second kappa shape index (κ2) is 13.0. The van der Waals surface area contributed by atoms with Crippen molar-refractivity contribution in [1.82, 2.24) is 10.6 Å². The van der Waals surface area contributed by atoms with E-state index in [4.69, 9.17) is 4.74 Å². The second-order valence-corrected chi connectivity index (χ2v) is 7.22. The number of alkyl halides is 3. The number of nitrogens with one attached hydrogen (secondary N) is 3. The molecule has 0 heterocycles. The van der Waals surface area contributed by atoms with E-state index in [1.54, 1.807) is 24.3 Å². The second-order valence-electron chi connectivity index (χ2n) is 7.22. The Kier molecular flexibility index (Phi) is 10.1. The molecule has 0 spiro atoms. The normalized spacial score (nSPS) is 12.4. The minimum absolute atomic E-state index is 0.000585. The Morgan fingerprint density at radius 1 is 1.03 bits per heavy atom. The van der Waals surface area contributed by atoms with Crippen LogP contribution in [0.1, 0.15) is 24.5 Å². The predicted octanol–water partition coefficient (Wildman–Crippen LogP) is 2.83. The van der Waals surface area contributed by atoms with Gasteiger partial charge in [-0.25, -0.2) is 4.79 Å². The van der Waals surface area contributed by atoms with Crippen molar-refractivity contribution in [3.8, 4) is 11.8 Å². The molecule has 4 N–H and O–H groups in total. The van der Waals surface area contributed by atoms with E-state index in [0.29, 0.717) is 0 Å². The highest BCUT2D eigenvalue weighted by Gasteiger charge is 2.33. The van der Waals surface area contributed by atoms with E-state index in [2.05, 4.69) is 27.8 Å². The van der Waals surface area contributed by atoms with E-state index in [0.717, 1.165) is 17.7 Å². The first-order valence-electron chi connectivity index (χ1n) is 10.4. The molecule has 2 aromatic rings. The Labute approximate surface area is 199 Å². The zero-order chi connectivity index (χ0) is 25.8. The van der Waals surface area contributed by atoms with E-state index < -0.39 is 53.9 Å². The molecule has 2 aromatic carbocycles. The van der Waals surface area contributed by atoms with Crippen LogP contribution in [0, 0.1) is 11.8 Å². The number of para-hydroxylation sites is 1. The van der Waals surface area contributed by atoms with E-state index >= 15 is 0 Å². The van der Waals surface area contributed by atoms with Gasteiger partial charge in [0.2, 0.25) is 11.8 Å². The van der Waals surface area contributed by atoms with Crippen LogP contribution in [-0.4, -0.2) is 41.7 Å². The van der Waals surface area contributed by atoms with Gasteiger partial charge in [0.05, 0.1) is 17.3 Å². The van der Waals surface area contributed by atoms with E-state index in [-0.39, 0.29) is 13.2 Å². The lowest BCUT2D eigenvalue weighted by molar-refractivity contribution is -0.137. The van der Waals surface area contributed by atoms with Gasteiger partial charge in [0.25, 0.3) is 0 Å². The maximum absolute atomic E-state index is 13.1. The number of anilines is 1. The van der Waals surface area contributed by atoms with Crippen LogP contribution in [0.4, 0.5) is 23.7 Å². The van der Waals surface area contributed by atoms with Crippen molar-refractivity contribution >= 4 is 23.6 Å². The van der Waals surface area contributed by atoms with Crippen molar-refractivity contribution in [3.63, 3.8) is 0 Å². The van der Waals surface area contributed by atoms with Gasteiger partial charge in [0.15, 0.2) is 0 Å². The van der Waals surface area contributed by atoms with Gasteiger partial charge in [-0.05, 0) is 24.6 Å². The quantitative estimate of drug-likeness (QED) is 0.318. The van der Waals surface area contributed by atoms with E-state index in [1.807, 2.05) is 6.07 Å². The third kappa shape index (κ3) is 9.38. The third-order valence-corrected chi connectivity index (χ3v) is 4.53. The summed E-state index contributed by atoms with van der Waals surface area (Å²) in [6, 6.07) is 12.1. The lowest BCUT2D eigenvalue weighted by Gasteiger charge is -2.21. The molecule has 186 valence electrons. The predicted molar refractivity (Wildman–Crippen MR) is 121 cm³/mol. The van der Waals surface area contributed by atoms with Crippen LogP contribution in [-0.2, 0) is 27.1 Å². The molecule has 35 heavy (non-hydrogen) atoms. The molecule has 0 aliphatic carbocycles. The first kappa shape index (κ1) is 27.2. The van der Waals surface area contributed by atoms with E-state index in [1.165, 1.54) is 19.1 Å². The Morgan fingerprint density at radius 2 is 1.69 bits per heavy atom. The smallest absolute Gasteiger partial charge is 0.418 e. The first-order chi connectivity index (χ1) is 16.6. The Hall–Kier alpha value is -4.04. The summed E-state index contributed by atoms with van der Waals surface area (Å²) in [5.41, 5.74) is -0.796. The number of halogens is 3. The summed E-state index contributed by atoms with van der Waals surface area (Å²) in [4.78, 5) is 36.4. The average molecular weight is 491 g/mol. The molecular weight excluding hydrogens is 467 g/mol. The minimum Gasteiger partial charge on any atom is -0.445 e. The molecule has 0 aromatic heterocycles. The molecule has 8 nitrogen and oxygen atoms in total. The average Bonchev–Trinajstić information content (AvgIpc) is 2.80. The highest BCUT2D eigenvalue weighted by molar-refractivity contribution is 6.04. The zero-order valence-electron chi connectivity index (χ0n) is 18.7. The van der Waals surface area contributed by atoms with Crippen LogP contribution in [0.2, 0.25) is 0 Å². The Bertz CT molecular complexity index is 1080. The number of hydrogen-bond donors (Lipinski definition) is 4. The number of carbonyl (C=O) groups is 3. The zero-order valence-corrected chi connectivity index (χ0v) is 18.7. The van der Waals surface area contributed by atoms with Crippen LogP contribution < -0.4 is 16.0 Å². The topological polar surface area (TPSA) is 117 Å². The summed E-state index contributed by atoms with van der Waals surface area (Å²) < 4.78 is 44.3. The lowest BCUT2D eigenvalue weighted by atomic mass is 10.1. The number of aliphatic hydroxyl groups is 1. The minimum atomic E-state index is -4.69. The molecule has 0 saturated carbocycles. The number of hydrogen-bond acceptors (Lipinski definition) is 5. The standard InChI is InChI=1S/C24H24F3N3O5/c1-2-8-20(31)19(14-28-23(34)35-15-16-9-4-3-5-10-16)30-22(33)13-21(32)29-18-12-7-6-11-17(18)24(25,26)27/h3-7,9-12,19-20,31H,13-15H2,1H3,(H,28,34)(H,29,32)(H,30,33)/t19-,20-/m0/s1. The molecule has 2 atom stereocenters. The van der Waals surface area contributed by atoms with Crippen molar-refractivity contribution in [2.75, 3.05) is 11.9 Å². The molecule has 0 fully saturated rings. The number of alkyl carbamates (subject to hydrolysis) is 1. The van der Waals surface area contributed by atoms with Crippen molar-refractivity contribution < 1.29 is 37.4 Å². The van der Waals surface area contributed by atoms with Crippen LogP contribution in [0.25, 0.3) is 0 Å². The monoisotopic (exact) mass is 491 g/mol. The molecule has 0 unspecified atom stereocenters. The third-order valence-electron chi connectivity index (χ3n) is 4.53. The van der Waals surface area contributed by atoms with Crippen molar-refractivity contribution in [1.29, 1.82) is 0 Å².